The van der Waals surface area contributed by atoms with Crippen molar-refractivity contribution >= 4 is 16.6 Å². The van der Waals surface area contributed by atoms with Gasteiger partial charge in [-0.3, -0.25) is 19.0 Å². The number of alkyl halides is 5. The third-order valence-electron chi connectivity index (χ3n) is 6.03. The Balaban J connectivity index is 1.59. The fourth-order valence-electron chi connectivity index (χ4n) is 4.28. The molecule has 1 aliphatic heterocycles. The van der Waals surface area contributed by atoms with E-state index in [1.165, 1.54) is 11.0 Å². The highest BCUT2D eigenvalue weighted by molar-refractivity contribution is 5.92. The first-order chi connectivity index (χ1) is 17.3. The van der Waals surface area contributed by atoms with Crippen LogP contribution in [0.15, 0.2) is 30.7 Å². The Labute approximate surface area is 203 Å². The standard InChI is InChI=1S/C22H19F7N6O2/c1-21(25,26)17-9-33(2-3-37-17)20(36)14-5-15-12(6-30-14)18(32-35(15)10-22(27,28)29)16-7-31-19-13(24)4-11(23)8-34(16)19/h4-8,17,20,36H,2-3,9-10H2,1H3. The van der Waals surface area contributed by atoms with Crippen molar-refractivity contribution in [3.05, 3.63) is 48.1 Å². The van der Waals surface area contributed by atoms with Gasteiger partial charge in [0.25, 0.3) is 5.92 Å². The average Bonchev–Trinajstić information content (AvgIpc) is 3.38. The van der Waals surface area contributed by atoms with Crippen LogP contribution in [-0.4, -0.2) is 72.1 Å². The summed E-state index contributed by atoms with van der Waals surface area (Å²) in [5.74, 6) is -5.09. The van der Waals surface area contributed by atoms with E-state index >= 15 is 0 Å². The van der Waals surface area contributed by atoms with E-state index in [4.69, 9.17) is 4.74 Å². The number of fused-ring (bicyclic) bond motifs is 2. The summed E-state index contributed by atoms with van der Waals surface area (Å²) in [4.78, 5) is 9.28. The molecule has 2 atom stereocenters. The number of pyridine rings is 2. The van der Waals surface area contributed by atoms with E-state index in [9.17, 15) is 35.8 Å². The number of aromatic nitrogens is 5. The van der Waals surface area contributed by atoms with E-state index in [2.05, 4.69) is 15.1 Å². The third-order valence-corrected chi connectivity index (χ3v) is 6.03. The van der Waals surface area contributed by atoms with Crippen molar-refractivity contribution in [1.29, 1.82) is 0 Å². The average molecular weight is 532 g/mol. The molecule has 1 saturated heterocycles. The molecule has 0 bridgehead atoms. The number of imidazole rings is 1. The first kappa shape index (κ1) is 25.4. The minimum absolute atomic E-state index is 0.00983. The summed E-state index contributed by atoms with van der Waals surface area (Å²) in [5.41, 5.74) is -0.519. The van der Waals surface area contributed by atoms with Crippen molar-refractivity contribution in [2.45, 2.75) is 37.9 Å². The summed E-state index contributed by atoms with van der Waals surface area (Å²) in [6.45, 7) is -1.17. The lowest BCUT2D eigenvalue weighted by atomic mass is 10.1. The summed E-state index contributed by atoms with van der Waals surface area (Å²) < 4.78 is 102. The first-order valence-corrected chi connectivity index (χ1v) is 11.0. The van der Waals surface area contributed by atoms with Gasteiger partial charge in [0.1, 0.15) is 24.2 Å². The number of ether oxygens (including phenoxy) is 1. The minimum atomic E-state index is -4.68. The molecule has 2 unspecified atom stereocenters. The van der Waals surface area contributed by atoms with Gasteiger partial charge in [-0.2, -0.15) is 18.3 Å². The maximum atomic E-state index is 14.1. The van der Waals surface area contributed by atoms with Crippen LogP contribution >= 0.6 is 0 Å². The largest absolute Gasteiger partial charge is 0.408 e. The van der Waals surface area contributed by atoms with Crippen molar-refractivity contribution in [2.24, 2.45) is 0 Å². The number of rotatable bonds is 5. The van der Waals surface area contributed by atoms with Crippen molar-refractivity contribution in [2.75, 3.05) is 19.7 Å². The molecule has 0 saturated carbocycles. The smallest absolute Gasteiger partial charge is 0.372 e. The van der Waals surface area contributed by atoms with E-state index in [0.29, 0.717) is 17.7 Å². The lowest BCUT2D eigenvalue weighted by molar-refractivity contribution is -0.178. The molecule has 1 N–H and O–H groups in total. The molecule has 0 radical (unpaired) electrons. The molecule has 37 heavy (non-hydrogen) atoms. The van der Waals surface area contributed by atoms with Gasteiger partial charge in [0.2, 0.25) is 0 Å². The lowest BCUT2D eigenvalue weighted by Gasteiger charge is -2.37. The van der Waals surface area contributed by atoms with E-state index in [1.807, 2.05) is 0 Å². The Hall–Kier alpha value is -3.30. The summed E-state index contributed by atoms with van der Waals surface area (Å²) in [6.07, 6.45) is -4.48. The Morgan fingerprint density at radius 3 is 2.59 bits per heavy atom. The Kier molecular flexibility index (Phi) is 6.11. The van der Waals surface area contributed by atoms with Crippen LogP contribution in [0, 0.1) is 11.6 Å². The number of hydrogen-bond acceptors (Lipinski definition) is 6. The third kappa shape index (κ3) is 4.85. The second kappa shape index (κ2) is 8.92. The van der Waals surface area contributed by atoms with Gasteiger partial charge in [-0.15, -0.1) is 0 Å². The van der Waals surface area contributed by atoms with Crippen LogP contribution in [0.3, 0.4) is 0 Å². The van der Waals surface area contributed by atoms with Crippen LogP contribution in [-0.2, 0) is 11.3 Å². The number of morpholine rings is 1. The zero-order chi connectivity index (χ0) is 26.7. The molecule has 4 aromatic heterocycles. The van der Waals surface area contributed by atoms with E-state index in [1.54, 1.807) is 0 Å². The van der Waals surface area contributed by atoms with Gasteiger partial charge < -0.3 is 9.84 Å². The fraction of sp³-hybridized carbons (Fsp3) is 0.409. The maximum Gasteiger partial charge on any atom is 0.408 e. The molecular weight excluding hydrogens is 513 g/mol. The van der Waals surface area contributed by atoms with Crippen LogP contribution in [0.25, 0.3) is 27.9 Å². The van der Waals surface area contributed by atoms with Crippen molar-refractivity contribution in [3.8, 4) is 11.4 Å². The molecule has 0 spiro atoms. The van der Waals surface area contributed by atoms with Gasteiger partial charge in [0.15, 0.2) is 17.7 Å². The zero-order valence-corrected chi connectivity index (χ0v) is 19.1. The second-order valence-corrected chi connectivity index (χ2v) is 8.78. The van der Waals surface area contributed by atoms with Crippen LogP contribution in [0.2, 0.25) is 0 Å². The summed E-state index contributed by atoms with van der Waals surface area (Å²) in [6, 6.07) is 1.79. The predicted octanol–water partition coefficient (Wildman–Crippen LogP) is 3.93. The van der Waals surface area contributed by atoms with E-state index in [-0.39, 0.29) is 53.3 Å². The minimum Gasteiger partial charge on any atom is -0.372 e. The number of aliphatic hydroxyl groups excluding tert-OH is 1. The molecule has 5 rings (SSSR count). The van der Waals surface area contributed by atoms with E-state index < -0.39 is 42.6 Å². The van der Waals surface area contributed by atoms with Gasteiger partial charge >= 0.3 is 6.18 Å². The van der Waals surface area contributed by atoms with Crippen LogP contribution in [0.1, 0.15) is 18.8 Å². The molecule has 8 nitrogen and oxygen atoms in total. The highest BCUT2D eigenvalue weighted by Crippen LogP contribution is 2.33. The molecule has 1 fully saturated rings. The van der Waals surface area contributed by atoms with Gasteiger partial charge in [-0.05, 0) is 6.07 Å². The molecule has 1 aliphatic rings. The topological polar surface area (TPSA) is 80.7 Å². The Bertz CT molecular complexity index is 1460. The normalized spacial score (nSPS) is 18.7. The number of aliphatic hydroxyl groups is 1. The van der Waals surface area contributed by atoms with Gasteiger partial charge in [0, 0.05) is 43.9 Å². The van der Waals surface area contributed by atoms with Crippen molar-refractivity contribution in [3.63, 3.8) is 0 Å². The quantitative estimate of drug-likeness (QED) is 0.393. The highest BCUT2D eigenvalue weighted by atomic mass is 19.4. The zero-order valence-electron chi connectivity index (χ0n) is 19.1. The Morgan fingerprint density at radius 2 is 1.89 bits per heavy atom. The van der Waals surface area contributed by atoms with Crippen molar-refractivity contribution in [1.82, 2.24) is 29.0 Å². The first-order valence-electron chi connectivity index (χ1n) is 11.0. The predicted molar refractivity (Wildman–Crippen MR) is 115 cm³/mol. The molecule has 0 aliphatic carbocycles. The summed E-state index contributed by atoms with van der Waals surface area (Å²) in [7, 11) is 0. The number of hydrogen-bond donors (Lipinski definition) is 1. The van der Waals surface area contributed by atoms with Crippen molar-refractivity contribution < 1.29 is 40.6 Å². The monoisotopic (exact) mass is 532 g/mol. The number of halogens is 7. The lowest BCUT2D eigenvalue weighted by Crippen LogP contribution is -2.50. The molecule has 15 heteroatoms. The maximum absolute atomic E-state index is 14.1. The van der Waals surface area contributed by atoms with Crippen LogP contribution in [0.4, 0.5) is 30.7 Å². The Morgan fingerprint density at radius 1 is 1.14 bits per heavy atom. The molecule has 5 heterocycles. The molecule has 198 valence electrons. The highest BCUT2D eigenvalue weighted by Gasteiger charge is 2.40. The molecule has 4 aromatic rings. The van der Waals surface area contributed by atoms with Crippen LogP contribution in [0.5, 0.6) is 0 Å². The van der Waals surface area contributed by atoms with Gasteiger partial charge in [0.05, 0.1) is 29.7 Å². The molecule has 0 amide bonds. The van der Waals surface area contributed by atoms with Gasteiger partial charge in [-0.25, -0.2) is 22.5 Å². The van der Waals surface area contributed by atoms with Gasteiger partial charge in [-0.1, -0.05) is 0 Å². The van der Waals surface area contributed by atoms with E-state index in [0.717, 1.165) is 23.0 Å². The SMILES string of the molecule is CC(F)(F)C1CN(C(O)c2cc3c(cn2)c(-c2cnc4c(F)cc(F)cn24)nn3CC(F)(F)F)CCO1. The second-order valence-electron chi connectivity index (χ2n) is 8.78. The summed E-state index contributed by atoms with van der Waals surface area (Å²) in [5, 5.41) is 14.9. The molecule has 0 aromatic carbocycles. The molecular formula is C22H19F7N6O2. The van der Waals surface area contributed by atoms with Crippen LogP contribution < -0.4 is 0 Å². The summed E-state index contributed by atoms with van der Waals surface area (Å²) >= 11 is 0. The fourth-order valence-corrected chi connectivity index (χ4v) is 4.28. The number of nitrogens with zero attached hydrogens (tertiary/aromatic N) is 6.